The largest absolute Gasteiger partial charge is 0.361 e. The predicted octanol–water partition coefficient (Wildman–Crippen LogP) is 3.16. The lowest BCUT2D eigenvalue weighted by Crippen LogP contribution is -2.38. The van der Waals surface area contributed by atoms with Gasteiger partial charge in [0.1, 0.15) is 0 Å². The first-order valence-electron chi connectivity index (χ1n) is 9.04. The zero-order valence-electron chi connectivity index (χ0n) is 14.8. The third kappa shape index (κ3) is 4.89. The van der Waals surface area contributed by atoms with Crippen LogP contribution in [-0.4, -0.2) is 35.1 Å². The number of guanidine groups is 1. The smallest absolute Gasteiger partial charge is 0.191 e. The van der Waals surface area contributed by atoms with Crippen molar-refractivity contribution in [1.82, 2.24) is 20.2 Å². The van der Waals surface area contributed by atoms with Crippen molar-refractivity contribution < 1.29 is 0 Å². The van der Waals surface area contributed by atoms with E-state index in [2.05, 4.69) is 75.0 Å². The second-order valence-corrected chi connectivity index (χ2v) is 6.07. The minimum absolute atomic E-state index is 0.818. The van der Waals surface area contributed by atoms with Crippen LogP contribution in [0.25, 0.3) is 10.9 Å². The Hall–Kier alpha value is -2.69. The Morgan fingerprint density at radius 3 is 2.80 bits per heavy atom. The molecule has 0 aliphatic carbocycles. The van der Waals surface area contributed by atoms with Crippen LogP contribution in [0.15, 0.2) is 60.0 Å². The van der Waals surface area contributed by atoms with Crippen LogP contribution in [0.3, 0.4) is 0 Å². The molecule has 3 N–H and O–H groups in total. The Bertz CT molecular complexity index is 785. The summed E-state index contributed by atoms with van der Waals surface area (Å²) >= 11 is 0. The van der Waals surface area contributed by atoms with Gasteiger partial charge in [0.2, 0.25) is 0 Å². The quantitative estimate of drug-likeness (QED) is 0.336. The maximum Gasteiger partial charge on any atom is 0.191 e. The Morgan fingerprint density at radius 1 is 1.12 bits per heavy atom. The van der Waals surface area contributed by atoms with Gasteiger partial charge >= 0.3 is 0 Å². The Kier molecular flexibility index (Phi) is 6.15. The van der Waals surface area contributed by atoms with Crippen molar-refractivity contribution in [1.29, 1.82) is 0 Å². The molecule has 0 amide bonds. The van der Waals surface area contributed by atoms with Gasteiger partial charge in [-0.3, -0.25) is 4.99 Å². The maximum absolute atomic E-state index is 4.69. The van der Waals surface area contributed by atoms with Gasteiger partial charge in [0.25, 0.3) is 0 Å². The van der Waals surface area contributed by atoms with Crippen molar-refractivity contribution in [2.45, 2.75) is 26.3 Å². The SMILES string of the molecule is CCNC(=NCCCc1c[nH]c2ccccc12)NCCn1cccc1. The molecule has 0 saturated heterocycles. The van der Waals surface area contributed by atoms with Crippen LogP contribution in [0.5, 0.6) is 0 Å². The number of aryl methyl sites for hydroxylation is 1. The number of nitrogens with one attached hydrogen (secondary N) is 3. The summed E-state index contributed by atoms with van der Waals surface area (Å²) in [7, 11) is 0. The third-order valence-corrected chi connectivity index (χ3v) is 4.22. The van der Waals surface area contributed by atoms with E-state index in [-0.39, 0.29) is 0 Å². The Labute approximate surface area is 149 Å². The fourth-order valence-corrected chi connectivity index (χ4v) is 2.96. The van der Waals surface area contributed by atoms with Gasteiger partial charge in [0.15, 0.2) is 5.96 Å². The molecule has 0 bridgehead atoms. The van der Waals surface area contributed by atoms with E-state index >= 15 is 0 Å². The van der Waals surface area contributed by atoms with E-state index < -0.39 is 0 Å². The van der Waals surface area contributed by atoms with E-state index in [0.717, 1.165) is 45.0 Å². The van der Waals surface area contributed by atoms with Gasteiger partial charge in [0, 0.05) is 55.7 Å². The summed E-state index contributed by atoms with van der Waals surface area (Å²) in [4.78, 5) is 8.02. The summed E-state index contributed by atoms with van der Waals surface area (Å²) in [6, 6.07) is 12.5. The van der Waals surface area contributed by atoms with Crippen LogP contribution >= 0.6 is 0 Å². The van der Waals surface area contributed by atoms with E-state index in [1.807, 2.05) is 12.1 Å². The molecule has 1 aromatic carbocycles. The Balaban J connectivity index is 1.46. The number of hydrogen-bond acceptors (Lipinski definition) is 1. The fourth-order valence-electron chi connectivity index (χ4n) is 2.96. The minimum Gasteiger partial charge on any atom is -0.361 e. The van der Waals surface area contributed by atoms with Gasteiger partial charge in [-0.1, -0.05) is 18.2 Å². The molecule has 0 aliphatic heterocycles. The van der Waals surface area contributed by atoms with Gasteiger partial charge < -0.3 is 20.2 Å². The van der Waals surface area contributed by atoms with Gasteiger partial charge in [0.05, 0.1) is 0 Å². The number of aliphatic imine (C=N–C) groups is 1. The number of nitrogens with zero attached hydrogens (tertiary/aromatic N) is 2. The number of hydrogen-bond donors (Lipinski definition) is 3. The highest BCUT2D eigenvalue weighted by atomic mass is 15.2. The second kappa shape index (κ2) is 8.97. The molecule has 0 spiro atoms. The van der Waals surface area contributed by atoms with Crippen LogP contribution in [0.1, 0.15) is 18.9 Å². The zero-order chi connectivity index (χ0) is 17.3. The molecule has 0 radical (unpaired) electrons. The molecule has 0 atom stereocenters. The molecule has 0 aliphatic rings. The average molecular weight is 337 g/mol. The lowest BCUT2D eigenvalue weighted by atomic mass is 10.1. The summed E-state index contributed by atoms with van der Waals surface area (Å²) in [6.07, 6.45) is 8.35. The molecule has 0 fully saturated rings. The first kappa shape index (κ1) is 17.1. The monoisotopic (exact) mass is 337 g/mol. The topological polar surface area (TPSA) is 57.1 Å². The summed E-state index contributed by atoms with van der Waals surface area (Å²) < 4.78 is 2.16. The number of fused-ring (bicyclic) bond motifs is 1. The summed E-state index contributed by atoms with van der Waals surface area (Å²) in [5, 5.41) is 8.03. The van der Waals surface area contributed by atoms with Crippen molar-refractivity contribution in [2.24, 2.45) is 4.99 Å². The molecule has 3 rings (SSSR count). The lowest BCUT2D eigenvalue weighted by Gasteiger charge is -2.11. The van der Waals surface area contributed by atoms with Crippen molar-refractivity contribution in [3.63, 3.8) is 0 Å². The first-order chi connectivity index (χ1) is 12.4. The molecule has 25 heavy (non-hydrogen) atoms. The van der Waals surface area contributed by atoms with Gasteiger partial charge in [-0.05, 0) is 43.5 Å². The van der Waals surface area contributed by atoms with Crippen molar-refractivity contribution in [3.8, 4) is 0 Å². The van der Waals surface area contributed by atoms with E-state index in [4.69, 9.17) is 0 Å². The number of para-hydroxylation sites is 1. The minimum atomic E-state index is 0.818. The molecule has 0 saturated carbocycles. The van der Waals surface area contributed by atoms with E-state index in [9.17, 15) is 0 Å². The number of aromatic amines is 1. The number of rotatable bonds is 8. The van der Waals surface area contributed by atoms with Crippen LogP contribution in [-0.2, 0) is 13.0 Å². The second-order valence-electron chi connectivity index (χ2n) is 6.07. The van der Waals surface area contributed by atoms with Gasteiger partial charge in [-0.15, -0.1) is 0 Å². The number of aromatic nitrogens is 2. The molecular weight excluding hydrogens is 310 g/mol. The number of H-pyrrole nitrogens is 1. The highest BCUT2D eigenvalue weighted by Crippen LogP contribution is 2.18. The fraction of sp³-hybridized carbons (Fsp3) is 0.350. The van der Waals surface area contributed by atoms with Crippen molar-refractivity contribution in [2.75, 3.05) is 19.6 Å². The molecule has 0 unspecified atom stereocenters. The lowest BCUT2D eigenvalue weighted by molar-refractivity contribution is 0.664. The van der Waals surface area contributed by atoms with Gasteiger partial charge in [-0.25, -0.2) is 0 Å². The molecule has 132 valence electrons. The molecule has 3 aromatic rings. The predicted molar refractivity (Wildman–Crippen MR) is 105 cm³/mol. The molecule has 2 heterocycles. The van der Waals surface area contributed by atoms with Crippen molar-refractivity contribution >= 4 is 16.9 Å². The zero-order valence-corrected chi connectivity index (χ0v) is 14.8. The van der Waals surface area contributed by atoms with Crippen LogP contribution in [0.4, 0.5) is 0 Å². The van der Waals surface area contributed by atoms with Gasteiger partial charge in [-0.2, -0.15) is 0 Å². The first-order valence-corrected chi connectivity index (χ1v) is 9.04. The third-order valence-electron chi connectivity index (χ3n) is 4.22. The van der Waals surface area contributed by atoms with E-state index in [0.29, 0.717) is 0 Å². The summed E-state index contributed by atoms with van der Waals surface area (Å²) in [6.45, 7) is 5.58. The Morgan fingerprint density at radius 2 is 1.96 bits per heavy atom. The summed E-state index contributed by atoms with van der Waals surface area (Å²) in [5.41, 5.74) is 2.58. The van der Waals surface area contributed by atoms with E-state index in [1.54, 1.807) is 0 Å². The maximum atomic E-state index is 4.69. The highest BCUT2D eigenvalue weighted by molar-refractivity contribution is 5.83. The van der Waals surface area contributed by atoms with Crippen molar-refractivity contribution in [3.05, 3.63) is 60.6 Å². The number of benzene rings is 1. The average Bonchev–Trinajstić information content (AvgIpc) is 3.28. The summed E-state index contributed by atoms with van der Waals surface area (Å²) in [5.74, 6) is 0.897. The highest BCUT2D eigenvalue weighted by Gasteiger charge is 2.02. The molecule has 2 aromatic heterocycles. The molecular formula is C20H27N5. The van der Waals surface area contributed by atoms with E-state index in [1.165, 1.54) is 16.5 Å². The normalized spacial score (nSPS) is 11.8. The van der Waals surface area contributed by atoms with Crippen LogP contribution in [0, 0.1) is 0 Å². The molecule has 5 nitrogen and oxygen atoms in total. The van der Waals surface area contributed by atoms with Crippen LogP contribution in [0.2, 0.25) is 0 Å². The molecule has 5 heteroatoms. The standard InChI is InChI=1S/C20H27N5/c1-2-21-20(23-12-15-25-13-5-6-14-25)22-11-7-8-17-16-24-19-10-4-3-9-18(17)19/h3-6,9-10,13-14,16,24H,2,7-8,11-12,15H2,1H3,(H2,21,22,23). The van der Waals surface area contributed by atoms with Crippen LogP contribution < -0.4 is 10.6 Å².